The highest BCUT2D eigenvalue weighted by molar-refractivity contribution is 5.83. The summed E-state index contributed by atoms with van der Waals surface area (Å²) in [6.45, 7) is 2.12. The topological polar surface area (TPSA) is 27.1 Å². The van der Waals surface area contributed by atoms with Crippen molar-refractivity contribution in [1.29, 1.82) is 0 Å². The van der Waals surface area contributed by atoms with Crippen molar-refractivity contribution in [3.8, 4) is 5.75 Å². The molecule has 0 aliphatic rings. The van der Waals surface area contributed by atoms with Crippen molar-refractivity contribution in [3.05, 3.63) is 23.9 Å². The standard InChI is InChI=1S/C11H14N2O/c1-4-10-9-6-5-8(14-3)7-11(9)13(2)12-10/h5-7H,4H2,1-3H3. The van der Waals surface area contributed by atoms with Gasteiger partial charge in [0.2, 0.25) is 0 Å². The van der Waals surface area contributed by atoms with E-state index in [1.165, 1.54) is 5.39 Å². The molecule has 0 unspecified atom stereocenters. The minimum atomic E-state index is 0.878. The molecule has 0 atom stereocenters. The molecular formula is C11H14N2O. The maximum atomic E-state index is 5.18. The summed E-state index contributed by atoms with van der Waals surface area (Å²) in [5.41, 5.74) is 2.27. The van der Waals surface area contributed by atoms with Gasteiger partial charge in [-0.1, -0.05) is 6.92 Å². The maximum absolute atomic E-state index is 5.18. The Hall–Kier alpha value is -1.51. The zero-order valence-corrected chi connectivity index (χ0v) is 8.74. The van der Waals surface area contributed by atoms with Gasteiger partial charge in [0.15, 0.2) is 0 Å². The Morgan fingerprint density at radius 3 is 2.86 bits per heavy atom. The minimum Gasteiger partial charge on any atom is -0.497 e. The lowest BCUT2D eigenvalue weighted by atomic mass is 10.2. The fourth-order valence-electron chi connectivity index (χ4n) is 1.70. The number of fused-ring (bicyclic) bond motifs is 1. The lowest BCUT2D eigenvalue weighted by Crippen LogP contribution is -1.90. The highest BCUT2D eigenvalue weighted by Crippen LogP contribution is 2.23. The van der Waals surface area contributed by atoms with Crippen molar-refractivity contribution < 1.29 is 4.74 Å². The lowest BCUT2D eigenvalue weighted by Gasteiger charge is -1.99. The van der Waals surface area contributed by atoms with Crippen LogP contribution >= 0.6 is 0 Å². The van der Waals surface area contributed by atoms with E-state index in [0.29, 0.717) is 0 Å². The van der Waals surface area contributed by atoms with Gasteiger partial charge in [-0.3, -0.25) is 4.68 Å². The number of benzene rings is 1. The number of aromatic nitrogens is 2. The van der Waals surface area contributed by atoms with Crippen LogP contribution in [0.4, 0.5) is 0 Å². The average molecular weight is 190 g/mol. The summed E-state index contributed by atoms with van der Waals surface area (Å²) in [4.78, 5) is 0. The van der Waals surface area contributed by atoms with Crippen LogP contribution in [0.2, 0.25) is 0 Å². The third kappa shape index (κ3) is 1.25. The second-order valence-corrected chi connectivity index (χ2v) is 3.31. The molecule has 0 amide bonds. The molecule has 1 heterocycles. The summed E-state index contributed by atoms with van der Waals surface area (Å²) in [6.07, 6.45) is 0.962. The van der Waals surface area contributed by atoms with Gasteiger partial charge in [0, 0.05) is 18.5 Å². The second-order valence-electron chi connectivity index (χ2n) is 3.31. The van der Waals surface area contributed by atoms with Crippen LogP contribution in [0, 0.1) is 0 Å². The van der Waals surface area contributed by atoms with E-state index in [0.717, 1.165) is 23.4 Å². The van der Waals surface area contributed by atoms with Crippen LogP contribution in [-0.2, 0) is 13.5 Å². The predicted octanol–water partition coefficient (Wildman–Crippen LogP) is 2.14. The molecule has 0 aliphatic heterocycles. The number of ether oxygens (including phenoxy) is 1. The third-order valence-corrected chi connectivity index (χ3v) is 2.47. The number of hydrogen-bond acceptors (Lipinski definition) is 2. The van der Waals surface area contributed by atoms with Gasteiger partial charge in [-0.25, -0.2) is 0 Å². The molecule has 2 aromatic rings. The van der Waals surface area contributed by atoms with Gasteiger partial charge < -0.3 is 4.74 Å². The maximum Gasteiger partial charge on any atom is 0.121 e. The molecule has 3 heteroatoms. The van der Waals surface area contributed by atoms with Gasteiger partial charge in [0.25, 0.3) is 0 Å². The van der Waals surface area contributed by atoms with Crippen LogP contribution in [0.5, 0.6) is 5.75 Å². The van der Waals surface area contributed by atoms with Crippen molar-refractivity contribution >= 4 is 10.9 Å². The predicted molar refractivity (Wildman–Crippen MR) is 56.6 cm³/mol. The molecule has 74 valence electrons. The Bertz CT molecular complexity index is 460. The summed E-state index contributed by atoms with van der Waals surface area (Å²) in [6, 6.07) is 6.06. The molecule has 0 fully saturated rings. The van der Waals surface area contributed by atoms with Crippen LogP contribution in [0.1, 0.15) is 12.6 Å². The fraction of sp³-hybridized carbons (Fsp3) is 0.364. The molecule has 0 bridgehead atoms. The molecule has 0 saturated carbocycles. The summed E-state index contributed by atoms with van der Waals surface area (Å²) in [5.74, 6) is 0.878. The summed E-state index contributed by atoms with van der Waals surface area (Å²) < 4.78 is 7.08. The second kappa shape index (κ2) is 3.33. The van der Waals surface area contributed by atoms with E-state index in [2.05, 4.69) is 18.1 Å². The molecule has 0 N–H and O–H groups in total. The quantitative estimate of drug-likeness (QED) is 0.725. The largest absolute Gasteiger partial charge is 0.497 e. The van der Waals surface area contributed by atoms with Crippen molar-refractivity contribution in [3.63, 3.8) is 0 Å². The fourth-order valence-corrected chi connectivity index (χ4v) is 1.70. The molecule has 0 aliphatic carbocycles. The lowest BCUT2D eigenvalue weighted by molar-refractivity contribution is 0.415. The van der Waals surface area contributed by atoms with E-state index in [-0.39, 0.29) is 0 Å². The van der Waals surface area contributed by atoms with Crippen molar-refractivity contribution in [2.75, 3.05) is 7.11 Å². The highest BCUT2D eigenvalue weighted by Gasteiger charge is 2.06. The van der Waals surface area contributed by atoms with Crippen molar-refractivity contribution in [1.82, 2.24) is 9.78 Å². The number of nitrogens with zero attached hydrogens (tertiary/aromatic N) is 2. The van der Waals surface area contributed by atoms with Gasteiger partial charge in [0.05, 0.1) is 18.3 Å². The van der Waals surface area contributed by atoms with Gasteiger partial charge in [-0.15, -0.1) is 0 Å². The van der Waals surface area contributed by atoms with Gasteiger partial charge >= 0.3 is 0 Å². The first kappa shape index (κ1) is 9.06. The molecule has 2 rings (SSSR count). The average Bonchev–Trinajstić information content (AvgIpc) is 2.55. The zero-order chi connectivity index (χ0) is 10.1. The molecule has 0 saturated heterocycles. The summed E-state index contributed by atoms with van der Waals surface area (Å²) in [7, 11) is 3.64. The highest BCUT2D eigenvalue weighted by atomic mass is 16.5. The SMILES string of the molecule is CCc1nn(C)c2cc(OC)ccc12. The number of hydrogen-bond donors (Lipinski definition) is 0. The van der Waals surface area contributed by atoms with Crippen LogP contribution < -0.4 is 4.74 Å². The first-order valence-corrected chi connectivity index (χ1v) is 4.76. The van der Waals surface area contributed by atoms with E-state index >= 15 is 0 Å². The number of methoxy groups -OCH3 is 1. The first-order chi connectivity index (χ1) is 6.76. The monoisotopic (exact) mass is 190 g/mol. The Morgan fingerprint density at radius 1 is 1.43 bits per heavy atom. The number of aryl methyl sites for hydroxylation is 2. The number of rotatable bonds is 2. The Kier molecular flexibility index (Phi) is 2.15. The molecule has 0 spiro atoms. The molecule has 14 heavy (non-hydrogen) atoms. The molecule has 3 nitrogen and oxygen atoms in total. The Balaban J connectivity index is 2.70. The smallest absolute Gasteiger partial charge is 0.121 e. The van der Waals surface area contributed by atoms with Gasteiger partial charge in [-0.05, 0) is 18.6 Å². The zero-order valence-electron chi connectivity index (χ0n) is 8.74. The molecule has 1 aromatic carbocycles. The van der Waals surface area contributed by atoms with Gasteiger partial charge in [-0.2, -0.15) is 5.10 Å². The van der Waals surface area contributed by atoms with Crippen LogP contribution in [-0.4, -0.2) is 16.9 Å². The summed E-state index contributed by atoms with van der Waals surface area (Å²) >= 11 is 0. The van der Waals surface area contributed by atoms with Crippen molar-refractivity contribution in [2.45, 2.75) is 13.3 Å². The van der Waals surface area contributed by atoms with E-state index in [1.54, 1.807) is 7.11 Å². The van der Waals surface area contributed by atoms with Crippen LogP contribution in [0.15, 0.2) is 18.2 Å². The van der Waals surface area contributed by atoms with E-state index in [1.807, 2.05) is 23.9 Å². The molecular weight excluding hydrogens is 176 g/mol. The van der Waals surface area contributed by atoms with E-state index in [9.17, 15) is 0 Å². The molecule has 1 aromatic heterocycles. The minimum absolute atomic E-state index is 0.878. The molecule has 0 radical (unpaired) electrons. The van der Waals surface area contributed by atoms with E-state index < -0.39 is 0 Å². The van der Waals surface area contributed by atoms with Crippen LogP contribution in [0.25, 0.3) is 10.9 Å². The normalized spacial score (nSPS) is 10.8. The third-order valence-electron chi connectivity index (χ3n) is 2.47. The first-order valence-electron chi connectivity index (χ1n) is 4.76. The van der Waals surface area contributed by atoms with E-state index in [4.69, 9.17) is 4.74 Å². The van der Waals surface area contributed by atoms with Gasteiger partial charge in [0.1, 0.15) is 5.75 Å². The van der Waals surface area contributed by atoms with Crippen LogP contribution in [0.3, 0.4) is 0 Å². The Labute approximate surface area is 83.3 Å². The summed E-state index contributed by atoms with van der Waals surface area (Å²) in [5, 5.41) is 5.66. The van der Waals surface area contributed by atoms with Crippen molar-refractivity contribution in [2.24, 2.45) is 7.05 Å². The Morgan fingerprint density at radius 2 is 2.21 bits per heavy atom.